The van der Waals surface area contributed by atoms with Gasteiger partial charge in [-0.15, -0.1) is 0 Å². The molecule has 0 spiro atoms. The monoisotopic (exact) mass is 233 g/mol. The van der Waals surface area contributed by atoms with Crippen LogP contribution in [0.3, 0.4) is 0 Å². The predicted octanol–water partition coefficient (Wildman–Crippen LogP) is 2.44. The van der Waals surface area contributed by atoms with Gasteiger partial charge in [0.25, 0.3) is 0 Å². The second-order valence-corrected chi connectivity index (χ2v) is 3.78. The van der Waals surface area contributed by atoms with Crippen molar-refractivity contribution in [2.24, 2.45) is 9.98 Å². The summed E-state index contributed by atoms with van der Waals surface area (Å²) in [7, 11) is 0. The van der Waals surface area contributed by atoms with E-state index in [-0.39, 0.29) is 0 Å². The number of aliphatic imine (C=N–C) groups is 2. The third kappa shape index (κ3) is 3.04. The number of hydrogen-bond acceptors (Lipinski definition) is 5. The Labute approximate surface area is 99.7 Å². The molecule has 0 atom stereocenters. The molecule has 2 rings (SSSR count). The Hall–Kier alpha value is -1.88. The Bertz CT molecular complexity index is 446. The molecule has 5 nitrogen and oxygen atoms in total. The summed E-state index contributed by atoms with van der Waals surface area (Å²) >= 11 is 0. The molecule has 90 valence electrons. The van der Waals surface area contributed by atoms with Crippen molar-refractivity contribution in [3.05, 3.63) is 36.1 Å². The van der Waals surface area contributed by atoms with Crippen molar-refractivity contribution >= 4 is 12.1 Å². The van der Waals surface area contributed by atoms with Gasteiger partial charge in [0.15, 0.2) is 5.84 Å². The summed E-state index contributed by atoms with van der Waals surface area (Å²) in [4.78, 5) is 8.42. The average Bonchev–Trinajstić information content (AvgIpc) is 2.95. The molecule has 1 aromatic heterocycles. The van der Waals surface area contributed by atoms with Crippen molar-refractivity contribution in [3.8, 4) is 0 Å². The van der Waals surface area contributed by atoms with Gasteiger partial charge < -0.3 is 4.42 Å². The Kier molecular flexibility index (Phi) is 3.72. The van der Waals surface area contributed by atoms with E-state index < -0.39 is 0 Å². The molecule has 1 N–H and O–H groups in total. The average molecular weight is 233 g/mol. The normalized spacial score (nSPS) is 16.6. The molecule has 1 aliphatic rings. The highest BCUT2D eigenvalue weighted by Crippen LogP contribution is 2.12. The Morgan fingerprint density at radius 3 is 3.12 bits per heavy atom. The van der Waals surface area contributed by atoms with Crippen LogP contribution in [0.2, 0.25) is 0 Å². The minimum atomic E-state index is 0.602. The van der Waals surface area contributed by atoms with Gasteiger partial charge in [0.2, 0.25) is 0 Å². The lowest BCUT2D eigenvalue weighted by Gasteiger charge is -2.10. The fraction of sp³-hybridized carbons (Fsp3) is 0.333. The summed E-state index contributed by atoms with van der Waals surface area (Å²) in [6, 6.07) is 1.80. The zero-order valence-electron chi connectivity index (χ0n) is 9.71. The molecule has 0 aliphatic carbocycles. The first-order valence-electron chi connectivity index (χ1n) is 5.62. The third-order valence-electron chi connectivity index (χ3n) is 2.36. The van der Waals surface area contributed by atoms with Crippen LogP contribution in [-0.2, 0) is 0 Å². The molecular weight excluding hydrogens is 218 g/mol. The molecule has 5 heteroatoms. The molecule has 0 unspecified atom stereocenters. The third-order valence-corrected chi connectivity index (χ3v) is 2.36. The maximum Gasteiger partial charge on any atom is 0.163 e. The van der Waals surface area contributed by atoms with E-state index >= 15 is 0 Å². The quantitative estimate of drug-likeness (QED) is 0.794. The molecule has 0 aromatic carbocycles. The van der Waals surface area contributed by atoms with Crippen LogP contribution >= 0.6 is 0 Å². The number of hydroxylamine groups is 2. The molecule has 1 aliphatic heterocycles. The van der Waals surface area contributed by atoms with E-state index in [1.54, 1.807) is 31.0 Å². The van der Waals surface area contributed by atoms with Crippen LogP contribution in [0.1, 0.15) is 25.3 Å². The number of unbranched alkanes of at least 4 members (excludes halogenated alkanes) is 1. The molecule has 0 radical (unpaired) electrons. The number of allylic oxidation sites excluding steroid dienone is 1. The topological polar surface area (TPSA) is 61.3 Å². The number of amidine groups is 1. The maximum atomic E-state index is 9.57. The zero-order chi connectivity index (χ0) is 12.1. The van der Waals surface area contributed by atoms with Gasteiger partial charge in [0, 0.05) is 6.54 Å². The smallest absolute Gasteiger partial charge is 0.163 e. The van der Waals surface area contributed by atoms with E-state index in [9.17, 15) is 5.21 Å². The van der Waals surface area contributed by atoms with Crippen LogP contribution in [-0.4, -0.2) is 28.9 Å². The van der Waals surface area contributed by atoms with Gasteiger partial charge in [0.05, 0.1) is 24.2 Å². The lowest BCUT2D eigenvalue weighted by molar-refractivity contribution is -0.0419. The molecule has 1 aromatic rings. The van der Waals surface area contributed by atoms with Gasteiger partial charge >= 0.3 is 0 Å². The highest BCUT2D eigenvalue weighted by atomic mass is 16.5. The van der Waals surface area contributed by atoms with E-state index in [2.05, 4.69) is 16.9 Å². The lowest BCUT2D eigenvalue weighted by Crippen LogP contribution is -2.13. The summed E-state index contributed by atoms with van der Waals surface area (Å²) in [5.74, 6) is 0.605. The summed E-state index contributed by atoms with van der Waals surface area (Å²) < 4.78 is 4.96. The fourth-order valence-electron chi connectivity index (χ4n) is 1.44. The minimum absolute atomic E-state index is 0.602. The summed E-state index contributed by atoms with van der Waals surface area (Å²) in [5.41, 5.74) is 1.47. The first-order valence-corrected chi connectivity index (χ1v) is 5.62. The Morgan fingerprint density at radius 2 is 2.41 bits per heavy atom. The van der Waals surface area contributed by atoms with E-state index in [1.807, 2.05) is 0 Å². The fourth-order valence-corrected chi connectivity index (χ4v) is 1.44. The van der Waals surface area contributed by atoms with E-state index in [0.717, 1.165) is 23.5 Å². The van der Waals surface area contributed by atoms with Gasteiger partial charge in [-0.2, -0.15) is 0 Å². The van der Waals surface area contributed by atoms with Gasteiger partial charge in [-0.3, -0.25) is 10.3 Å². The van der Waals surface area contributed by atoms with Crippen LogP contribution in [0.15, 0.2) is 44.9 Å². The first kappa shape index (κ1) is 11.6. The van der Waals surface area contributed by atoms with Crippen molar-refractivity contribution in [2.45, 2.75) is 19.8 Å². The van der Waals surface area contributed by atoms with Gasteiger partial charge in [-0.1, -0.05) is 13.3 Å². The molecule has 0 saturated heterocycles. The van der Waals surface area contributed by atoms with Crippen LogP contribution in [0.5, 0.6) is 0 Å². The van der Waals surface area contributed by atoms with Crippen molar-refractivity contribution in [2.75, 3.05) is 6.54 Å². The number of nitrogens with zero attached hydrogens (tertiary/aromatic N) is 3. The van der Waals surface area contributed by atoms with E-state index in [4.69, 9.17) is 4.42 Å². The van der Waals surface area contributed by atoms with Gasteiger partial charge in [0.1, 0.15) is 12.0 Å². The summed E-state index contributed by atoms with van der Waals surface area (Å²) in [5, 5.41) is 10.7. The standard InChI is InChI=1S/C12H15N3O2/c1-2-3-5-15(16)8-11-7-13-12(14-11)10-4-6-17-9-10/h4,6-9,16H,2-3,5H2,1H3/b11-8+. The van der Waals surface area contributed by atoms with Crippen LogP contribution in [0.25, 0.3) is 0 Å². The van der Waals surface area contributed by atoms with Gasteiger partial charge in [-0.25, -0.2) is 9.98 Å². The number of rotatable bonds is 5. The number of hydrogen-bond donors (Lipinski definition) is 1. The maximum absolute atomic E-state index is 9.57. The largest absolute Gasteiger partial charge is 0.472 e. The van der Waals surface area contributed by atoms with Crippen LogP contribution < -0.4 is 0 Å². The minimum Gasteiger partial charge on any atom is -0.472 e. The molecule has 0 amide bonds. The molecule has 0 bridgehead atoms. The van der Waals surface area contributed by atoms with Crippen LogP contribution in [0.4, 0.5) is 0 Å². The Balaban J connectivity index is 2.01. The van der Waals surface area contributed by atoms with E-state index in [0.29, 0.717) is 18.1 Å². The molecule has 0 saturated carbocycles. The molecule has 2 heterocycles. The second-order valence-electron chi connectivity index (χ2n) is 3.78. The van der Waals surface area contributed by atoms with Crippen molar-refractivity contribution in [3.63, 3.8) is 0 Å². The highest BCUT2D eigenvalue weighted by Gasteiger charge is 2.10. The second kappa shape index (κ2) is 5.45. The van der Waals surface area contributed by atoms with Crippen molar-refractivity contribution < 1.29 is 9.62 Å². The summed E-state index contributed by atoms with van der Waals surface area (Å²) in [6.07, 6.45) is 8.35. The van der Waals surface area contributed by atoms with Crippen LogP contribution in [0, 0.1) is 0 Å². The van der Waals surface area contributed by atoms with Crippen molar-refractivity contribution in [1.82, 2.24) is 5.06 Å². The predicted molar refractivity (Wildman–Crippen MR) is 65.2 cm³/mol. The molecule has 17 heavy (non-hydrogen) atoms. The molecule has 0 fully saturated rings. The summed E-state index contributed by atoms with van der Waals surface area (Å²) in [6.45, 7) is 2.68. The lowest BCUT2D eigenvalue weighted by atomic mass is 10.3. The number of furan rings is 1. The van der Waals surface area contributed by atoms with Gasteiger partial charge in [-0.05, 0) is 12.5 Å². The Morgan fingerprint density at radius 1 is 1.53 bits per heavy atom. The van der Waals surface area contributed by atoms with E-state index in [1.165, 1.54) is 0 Å². The van der Waals surface area contributed by atoms with Crippen molar-refractivity contribution in [1.29, 1.82) is 0 Å². The first-order chi connectivity index (χ1) is 8.29. The zero-order valence-corrected chi connectivity index (χ0v) is 9.71. The highest BCUT2D eigenvalue weighted by molar-refractivity contribution is 6.10. The SMILES string of the molecule is CCCCN(O)/C=C1\C=NC(c2ccoc2)=N1. The molecular formula is C12H15N3O2.